The van der Waals surface area contributed by atoms with Crippen LogP contribution in [0.3, 0.4) is 0 Å². The number of aliphatic hydroxyl groups excluding tert-OH is 1. The Labute approximate surface area is 113 Å². The number of primary amides is 1. The molecule has 1 fully saturated rings. The first kappa shape index (κ1) is 12.8. The van der Waals surface area contributed by atoms with Crippen molar-refractivity contribution in [1.82, 2.24) is 19.5 Å². The van der Waals surface area contributed by atoms with Gasteiger partial charge in [-0.1, -0.05) is 0 Å². The lowest BCUT2D eigenvalue weighted by molar-refractivity contribution is -0.124. The van der Waals surface area contributed by atoms with Crippen LogP contribution in [-0.2, 0) is 9.53 Å². The van der Waals surface area contributed by atoms with E-state index in [9.17, 15) is 9.90 Å². The van der Waals surface area contributed by atoms with Crippen molar-refractivity contribution in [1.29, 1.82) is 0 Å². The summed E-state index contributed by atoms with van der Waals surface area (Å²) in [5, 5.41) is 9.25. The molecule has 5 N–H and O–H groups in total. The van der Waals surface area contributed by atoms with Gasteiger partial charge in [-0.25, -0.2) is 15.0 Å². The molecule has 1 aliphatic rings. The van der Waals surface area contributed by atoms with Crippen molar-refractivity contribution in [2.75, 3.05) is 12.3 Å². The zero-order valence-corrected chi connectivity index (χ0v) is 10.5. The van der Waals surface area contributed by atoms with Crippen LogP contribution >= 0.6 is 0 Å². The van der Waals surface area contributed by atoms with Gasteiger partial charge in [-0.3, -0.25) is 9.36 Å². The normalized spacial score (nSPS) is 26.1. The number of aliphatic hydroxyl groups is 1. The monoisotopic (exact) mass is 278 g/mol. The number of fused-ring (bicyclic) bond motifs is 1. The number of ether oxygens (including phenoxy) is 1. The van der Waals surface area contributed by atoms with Crippen molar-refractivity contribution in [3.8, 4) is 0 Å². The Morgan fingerprint density at radius 1 is 1.50 bits per heavy atom. The highest BCUT2D eigenvalue weighted by Crippen LogP contribution is 2.34. The number of nitrogen functional groups attached to an aromatic ring is 1. The summed E-state index contributed by atoms with van der Waals surface area (Å²) in [6.07, 6.45) is 2.13. The summed E-state index contributed by atoms with van der Waals surface area (Å²) in [6.45, 7) is -0.270. The molecule has 0 aromatic carbocycles. The van der Waals surface area contributed by atoms with Crippen LogP contribution in [0.5, 0.6) is 0 Å². The van der Waals surface area contributed by atoms with Gasteiger partial charge in [0.05, 0.1) is 25.0 Å². The summed E-state index contributed by atoms with van der Waals surface area (Å²) in [5.41, 5.74) is 12.0. The van der Waals surface area contributed by atoms with E-state index in [-0.39, 0.29) is 12.4 Å². The van der Waals surface area contributed by atoms with Gasteiger partial charge in [-0.15, -0.1) is 0 Å². The second-order valence-corrected chi connectivity index (χ2v) is 4.64. The van der Waals surface area contributed by atoms with Crippen molar-refractivity contribution < 1.29 is 14.6 Å². The average Bonchev–Trinajstić information content (AvgIpc) is 3.02. The molecule has 1 saturated heterocycles. The molecular formula is C11H14N6O3. The van der Waals surface area contributed by atoms with Crippen LogP contribution in [0.1, 0.15) is 12.6 Å². The number of carbonyl (C=O) groups excluding carboxylic acids is 1. The fourth-order valence-electron chi connectivity index (χ4n) is 2.45. The van der Waals surface area contributed by atoms with Crippen LogP contribution < -0.4 is 11.5 Å². The molecule has 1 amide bonds. The van der Waals surface area contributed by atoms with E-state index in [1.54, 1.807) is 4.57 Å². The van der Waals surface area contributed by atoms with Gasteiger partial charge < -0.3 is 21.3 Å². The number of nitrogens with two attached hydrogens (primary N) is 2. The van der Waals surface area contributed by atoms with Gasteiger partial charge in [-0.05, 0) is 0 Å². The Bertz CT molecular complexity index is 657. The molecule has 3 heterocycles. The van der Waals surface area contributed by atoms with Gasteiger partial charge in [0.25, 0.3) is 0 Å². The molecule has 1 aliphatic heterocycles. The van der Waals surface area contributed by atoms with Crippen molar-refractivity contribution in [3.05, 3.63) is 12.7 Å². The Kier molecular flexibility index (Phi) is 2.99. The van der Waals surface area contributed by atoms with E-state index in [1.165, 1.54) is 12.7 Å². The largest absolute Gasteiger partial charge is 0.394 e. The minimum Gasteiger partial charge on any atom is -0.394 e. The Morgan fingerprint density at radius 3 is 2.95 bits per heavy atom. The van der Waals surface area contributed by atoms with Gasteiger partial charge in [0, 0.05) is 6.42 Å². The second-order valence-electron chi connectivity index (χ2n) is 4.64. The predicted molar refractivity (Wildman–Crippen MR) is 68.0 cm³/mol. The Balaban J connectivity index is 1.97. The number of aromatic nitrogens is 4. The lowest BCUT2D eigenvalue weighted by Gasteiger charge is -2.13. The maximum Gasteiger partial charge on any atom is 0.223 e. The number of hydrogen-bond donors (Lipinski definition) is 3. The van der Waals surface area contributed by atoms with E-state index in [1.807, 2.05) is 0 Å². The summed E-state index contributed by atoms with van der Waals surface area (Å²) >= 11 is 0. The number of rotatable bonds is 3. The van der Waals surface area contributed by atoms with Crippen LogP contribution in [0.15, 0.2) is 12.7 Å². The SMILES string of the molecule is NC(=O)[C@H]1C[C@H](n2cnc3c(N)ncnc32)O[C@@H]1CO. The summed E-state index contributed by atoms with van der Waals surface area (Å²) in [6, 6.07) is 0. The summed E-state index contributed by atoms with van der Waals surface area (Å²) in [5.74, 6) is -0.761. The van der Waals surface area contributed by atoms with Gasteiger partial charge in [-0.2, -0.15) is 0 Å². The Hall–Kier alpha value is -2.26. The van der Waals surface area contributed by atoms with Crippen LogP contribution in [-0.4, -0.2) is 43.2 Å². The summed E-state index contributed by atoms with van der Waals surface area (Å²) < 4.78 is 7.31. The highest BCUT2D eigenvalue weighted by Gasteiger charge is 2.39. The van der Waals surface area contributed by atoms with Crippen molar-refractivity contribution >= 4 is 22.9 Å². The third kappa shape index (κ3) is 1.87. The summed E-state index contributed by atoms with van der Waals surface area (Å²) in [7, 11) is 0. The maximum atomic E-state index is 11.4. The molecule has 20 heavy (non-hydrogen) atoms. The first-order chi connectivity index (χ1) is 9.61. The van der Waals surface area contributed by atoms with E-state index < -0.39 is 24.2 Å². The van der Waals surface area contributed by atoms with Crippen molar-refractivity contribution in [3.63, 3.8) is 0 Å². The van der Waals surface area contributed by atoms with Crippen LogP contribution in [0.4, 0.5) is 5.82 Å². The van der Waals surface area contributed by atoms with Gasteiger partial charge >= 0.3 is 0 Å². The molecule has 2 aromatic heterocycles. The molecule has 2 aromatic rings. The predicted octanol–water partition coefficient (Wildman–Crippen LogP) is -1.21. The number of anilines is 1. The van der Waals surface area contributed by atoms with E-state index >= 15 is 0 Å². The first-order valence-electron chi connectivity index (χ1n) is 6.10. The van der Waals surface area contributed by atoms with Gasteiger partial charge in [0.2, 0.25) is 5.91 Å². The van der Waals surface area contributed by atoms with Crippen LogP contribution in [0.2, 0.25) is 0 Å². The van der Waals surface area contributed by atoms with E-state index in [2.05, 4.69) is 15.0 Å². The van der Waals surface area contributed by atoms with E-state index in [4.69, 9.17) is 16.2 Å². The molecule has 9 nitrogen and oxygen atoms in total. The van der Waals surface area contributed by atoms with Crippen LogP contribution in [0.25, 0.3) is 11.2 Å². The quantitative estimate of drug-likeness (QED) is 0.639. The third-order valence-corrected chi connectivity index (χ3v) is 3.48. The van der Waals surface area contributed by atoms with Gasteiger partial charge in [0.15, 0.2) is 11.5 Å². The molecule has 0 spiro atoms. The molecule has 9 heteroatoms. The smallest absolute Gasteiger partial charge is 0.223 e. The number of amides is 1. The number of nitrogens with zero attached hydrogens (tertiary/aromatic N) is 4. The molecule has 0 radical (unpaired) electrons. The number of hydrogen-bond acceptors (Lipinski definition) is 7. The third-order valence-electron chi connectivity index (χ3n) is 3.48. The standard InChI is InChI=1S/C11H14N6O3/c12-9-8-11(15-3-14-9)17(4-16-8)7-1-5(10(13)19)6(2-18)20-7/h3-7,18H,1-2H2,(H2,13,19)(H2,12,14,15)/t5-,6+,7+/m0/s1. The molecule has 3 atom stereocenters. The van der Waals surface area contributed by atoms with E-state index in [0.717, 1.165) is 0 Å². The molecular weight excluding hydrogens is 264 g/mol. The fraction of sp³-hybridized carbons (Fsp3) is 0.455. The Morgan fingerprint density at radius 2 is 2.30 bits per heavy atom. The lowest BCUT2D eigenvalue weighted by Crippen LogP contribution is -2.32. The minimum atomic E-state index is -0.617. The number of carbonyl (C=O) groups is 1. The summed E-state index contributed by atoms with van der Waals surface area (Å²) in [4.78, 5) is 23.5. The fourth-order valence-corrected chi connectivity index (χ4v) is 2.45. The van der Waals surface area contributed by atoms with Crippen LogP contribution in [0, 0.1) is 5.92 Å². The van der Waals surface area contributed by atoms with Gasteiger partial charge in [0.1, 0.15) is 18.1 Å². The minimum absolute atomic E-state index is 0.270. The molecule has 0 unspecified atom stereocenters. The van der Waals surface area contributed by atoms with Crippen molar-refractivity contribution in [2.45, 2.75) is 18.8 Å². The first-order valence-corrected chi connectivity index (χ1v) is 6.10. The number of imidazole rings is 1. The van der Waals surface area contributed by atoms with Crippen molar-refractivity contribution in [2.24, 2.45) is 11.7 Å². The molecule has 0 bridgehead atoms. The second kappa shape index (κ2) is 4.69. The zero-order valence-electron chi connectivity index (χ0n) is 10.5. The molecule has 106 valence electrons. The highest BCUT2D eigenvalue weighted by atomic mass is 16.5. The molecule has 0 aliphatic carbocycles. The molecule has 3 rings (SSSR count). The highest BCUT2D eigenvalue weighted by molar-refractivity contribution is 5.81. The average molecular weight is 278 g/mol. The zero-order chi connectivity index (χ0) is 14.3. The molecule has 0 saturated carbocycles. The maximum absolute atomic E-state index is 11.4. The van der Waals surface area contributed by atoms with E-state index in [0.29, 0.717) is 17.6 Å². The lowest BCUT2D eigenvalue weighted by atomic mass is 10.0. The topological polar surface area (TPSA) is 142 Å².